The molecule has 1 aromatic carbocycles. The standard InChI is InChI=1S/C14H19ClN4O/c1-4-19-14(13(16)9(2)18-19)17-8-10-11(15)6-5-7-12(10)20-3/h5-7,17H,4,8,16H2,1-3H3. The highest BCUT2D eigenvalue weighted by Crippen LogP contribution is 2.29. The van der Waals surface area contributed by atoms with Gasteiger partial charge in [-0.25, -0.2) is 4.68 Å². The van der Waals surface area contributed by atoms with E-state index >= 15 is 0 Å². The van der Waals surface area contributed by atoms with Gasteiger partial charge in [0.1, 0.15) is 11.6 Å². The largest absolute Gasteiger partial charge is 0.496 e. The average Bonchev–Trinajstić information content (AvgIpc) is 2.72. The lowest BCUT2D eigenvalue weighted by Gasteiger charge is -2.13. The molecule has 108 valence electrons. The van der Waals surface area contributed by atoms with Gasteiger partial charge in [0.05, 0.1) is 18.5 Å². The molecule has 2 rings (SSSR count). The van der Waals surface area contributed by atoms with E-state index in [0.29, 0.717) is 17.3 Å². The fraction of sp³-hybridized carbons (Fsp3) is 0.357. The third kappa shape index (κ3) is 2.67. The van der Waals surface area contributed by atoms with E-state index in [4.69, 9.17) is 22.1 Å². The Morgan fingerprint density at radius 2 is 2.20 bits per heavy atom. The lowest BCUT2D eigenvalue weighted by Crippen LogP contribution is -2.09. The molecule has 20 heavy (non-hydrogen) atoms. The van der Waals surface area contributed by atoms with Crippen LogP contribution >= 0.6 is 11.6 Å². The first kappa shape index (κ1) is 14.5. The Hall–Kier alpha value is -1.88. The first-order valence-corrected chi connectivity index (χ1v) is 6.84. The Bertz CT molecular complexity index is 609. The van der Waals surface area contributed by atoms with Gasteiger partial charge in [-0.2, -0.15) is 5.10 Å². The van der Waals surface area contributed by atoms with E-state index in [1.807, 2.05) is 36.7 Å². The third-order valence-corrected chi connectivity index (χ3v) is 3.56. The van der Waals surface area contributed by atoms with Crippen molar-refractivity contribution in [1.82, 2.24) is 9.78 Å². The molecule has 1 aromatic heterocycles. The Morgan fingerprint density at radius 3 is 2.85 bits per heavy atom. The van der Waals surface area contributed by atoms with Crippen LogP contribution in [0.5, 0.6) is 5.75 Å². The molecule has 0 saturated carbocycles. The molecule has 0 spiro atoms. The summed E-state index contributed by atoms with van der Waals surface area (Å²) in [6.45, 7) is 5.19. The van der Waals surface area contributed by atoms with Gasteiger partial charge in [-0.05, 0) is 26.0 Å². The van der Waals surface area contributed by atoms with Gasteiger partial charge >= 0.3 is 0 Å². The Labute approximate surface area is 123 Å². The van der Waals surface area contributed by atoms with Gasteiger partial charge in [-0.1, -0.05) is 17.7 Å². The monoisotopic (exact) mass is 294 g/mol. The number of methoxy groups -OCH3 is 1. The average molecular weight is 295 g/mol. The van der Waals surface area contributed by atoms with Crippen LogP contribution < -0.4 is 15.8 Å². The molecule has 0 aliphatic carbocycles. The Morgan fingerprint density at radius 1 is 1.45 bits per heavy atom. The first-order chi connectivity index (χ1) is 9.58. The van der Waals surface area contributed by atoms with Gasteiger partial charge in [-0.3, -0.25) is 0 Å². The highest BCUT2D eigenvalue weighted by atomic mass is 35.5. The van der Waals surface area contributed by atoms with Crippen molar-refractivity contribution < 1.29 is 4.74 Å². The second-order valence-corrected chi connectivity index (χ2v) is 4.84. The van der Waals surface area contributed by atoms with E-state index in [2.05, 4.69) is 10.4 Å². The normalized spacial score (nSPS) is 10.6. The number of anilines is 2. The van der Waals surface area contributed by atoms with Crippen molar-refractivity contribution in [3.8, 4) is 5.75 Å². The molecule has 0 atom stereocenters. The number of ether oxygens (including phenoxy) is 1. The minimum atomic E-state index is 0.526. The second-order valence-electron chi connectivity index (χ2n) is 4.44. The van der Waals surface area contributed by atoms with Crippen molar-refractivity contribution in [1.29, 1.82) is 0 Å². The predicted molar refractivity (Wildman–Crippen MR) is 82.4 cm³/mol. The zero-order valence-electron chi connectivity index (χ0n) is 11.9. The van der Waals surface area contributed by atoms with E-state index < -0.39 is 0 Å². The lowest BCUT2D eigenvalue weighted by atomic mass is 10.2. The smallest absolute Gasteiger partial charge is 0.148 e. The van der Waals surface area contributed by atoms with Gasteiger partial charge in [0.25, 0.3) is 0 Å². The van der Waals surface area contributed by atoms with Crippen LogP contribution in [0.3, 0.4) is 0 Å². The molecule has 5 nitrogen and oxygen atoms in total. The number of rotatable bonds is 5. The molecule has 1 heterocycles. The number of nitrogen functional groups attached to an aromatic ring is 1. The van der Waals surface area contributed by atoms with E-state index in [1.165, 1.54) is 0 Å². The van der Waals surface area contributed by atoms with Crippen molar-refractivity contribution in [3.05, 3.63) is 34.5 Å². The second kappa shape index (κ2) is 6.05. The number of aryl methyl sites for hydroxylation is 2. The molecular formula is C14H19ClN4O. The molecule has 0 bridgehead atoms. The van der Waals surface area contributed by atoms with Crippen LogP contribution in [0.2, 0.25) is 5.02 Å². The van der Waals surface area contributed by atoms with Gasteiger partial charge < -0.3 is 15.8 Å². The van der Waals surface area contributed by atoms with Crippen LogP contribution in [-0.4, -0.2) is 16.9 Å². The summed E-state index contributed by atoms with van der Waals surface area (Å²) in [6, 6.07) is 5.58. The van der Waals surface area contributed by atoms with E-state index in [-0.39, 0.29) is 0 Å². The third-order valence-electron chi connectivity index (χ3n) is 3.20. The summed E-state index contributed by atoms with van der Waals surface area (Å²) >= 11 is 6.22. The van der Waals surface area contributed by atoms with Crippen molar-refractivity contribution in [2.24, 2.45) is 0 Å². The summed E-state index contributed by atoms with van der Waals surface area (Å²) in [4.78, 5) is 0. The maximum Gasteiger partial charge on any atom is 0.148 e. The highest BCUT2D eigenvalue weighted by molar-refractivity contribution is 6.31. The molecule has 0 saturated heterocycles. The fourth-order valence-electron chi connectivity index (χ4n) is 2.08. The van der Waals surface area contributed by atoms with Gasteiger partial charge in [0, 0.05) is 23.7 Å². The molecule has 0 unspecified atom stereocenters. The zero-order valence-corrected chi connectivity index (χ0v) is 12.7. The maximum atomic E-state index is 6.22. The van der Waals surface area contributed by atoms with Crippen molar-refractivity contribution in [3.63, 3.8) is 0 Å². The zero-order chi connectivity index (χ0) is 14.7. The summed E-state index contributed by atoms with van der Waals surface area (Å²) in [6.07, 6.45) is 0. The Balaban J connectivity index is 2.25. The minimum Gasteiger partial charge on any atom is -0.496 e. The van der Waals surface area contributed by atoms with Crippen LogP contribution in [0.4, 0.5) is 11.5 Å². The van der Waals surface area contributed by atoms with Crippen LogP contribution in [-0.2, 0) is 13.1 Å². The molecule has 0 aliphatic rings. The molecule has 0 radical (unpaired) electrons. The van der Waals surface area contributed by atoms with E-state index in [0.717, 1.165) is 29.4 Å². The quantitative estimate of drug-likeness (QED) is 0.889. The number of hydrogen-bond acceptors (Lipinski definition) is 4. The van der Waals surface area contributed by atoms with Crippen molar-refractivity contribution in [2.75, 3.05) is 18.2 Å². The summed E-state index contributed by atoms with van der Waals surface area (Å²) in [5.74, 6) is 1.56. The number of nitrogens with two attached hydrogens (primary N) is 1. The Kier molecular flexibility index (Phi) is 4.39. The van der Waals surface area contributed by atoms with E-state index in [9.17, 15) is 0 Å². The van der Waals surface area contributed by atoms with E-state index in [1.54, 1.807) is 7.11 Å². The number of halogens is 1. The van der Waals surface area contributed by atoms with Gasteiger partial charge in [0.2, 0.25) is 0 Å². The molecule has 2 aromatic rings. The highest BCUT2D eigenvalue weighted by Gasteiger charge is 2.13. The number of aromatic nitrogens is 2. The van der Waals surface area contributed by atoms with Gasteiger partial charge in [-0.15, -0.1) is 0 Å². The molecule has 0 aliphatic heterocycles. The predicted octanol–water partition coefficient (Wildman–Crippen LogP) is 3.07. The molecule has 6 heteroatoms. The SMILES string of the molecule is CCn1nc(C)c(N)c1NCc1c(Cl)cccc1OC. The van der Waals surface area contributed by atoms with Gasteiger partial charge in [0.15, 0.2) is 0 Å². The summed E-state index contributed by atoms with van der Waals surface area (Å²) in [5, 5.41) is 8.33. The number of nitrogens with zero attached hydrogens (tertiary/aromatic N) is 2. The van der Waals surface area contributed by atoms with Crippen molar-refractivity contribution >= 4 is 23.1 Å². The van der Waals surface area contributed by atoms with Crippen LogP contribution in [0.1, 0.15) is 18.2 Å². The molecular weight excluding hydrogens is 276 g/mol. The lowest BCUT2D eigenvalue weighted by molar-refractivity contribution is 0.410. The minimum absolute atomic E-state index is 0.526. The molecule has 0 amide bonds. The topological polar surface area (TPSA) is 65.1 Å². The number of benzene rings is 1. The number of nitrogens with one attached hydrogen (secondary N) is 1. The summed E-state index contributed by atoms with van der Waals surface area (Å²) in [5.41, 5.74) is 8.43. The van der Waals surface area contributed by atoms with Crippen LogP contribution in [0.25, 0.3) is 0 Å². The van der Waals surface area contributed by atoms with Crippen LogP contribution in [0.15, 0.2) is 18.2 Å². The number of hydrogen-bond donors (Lipinski definition) is 2. The maximum absolute atomic E-state index is 6.22. The molecule has 3 N–H and O–H groups in total. The fourth-order valence-corrected chi connectivity index (χ4v) is 2.32. The van der Waals surface area contributed by atoms with Crippen molar-refractivity contribution in [2.45, 2.75) is 26.9 Å². The summed E-state index contributed by atoms with van der Waals surface area (Å²) in [7, 11) is 1.63. The first-order valence-electron chi connectivity index (χ1n) is 6.46. The van der Waals surface area contributed by atoms with Crippen LogP contribution in [0, 0.1) is 6.92 Å². The summed E-state index contributed by atoms with van der Waals surface area (Å²) < 4.78 is 7.17. The molecule has 0 fully saturated rings.